The Balaban J connectivity index is 2.22. The number of anilines is 1. The second kappa shape index (κ2) is 5.31. The maximum atomic E-state index is 11.5. The van der Waals surface area contributed by atoms with Gasteiger partial charge in [0.2, 0.25) is 5.91 Å². The minimum absolute atomic E-state index is 0.0849. The van der Waals surface area contributed by atoms with Crippen LogP contribution in [0.25, 0.3) is 10.8 Å². The van der Waals surface area contributed by atoms with Gasteiger partial charge in [0.25, 0.3) is 0 Å². The number of benzene rings is 2. The molecule has 1 N–H and O–H groups in total. The second-order valence-electron chi connectivity index (χ2n) is 4.13. The van der Waals surface area contributed by atoms with Crippen molar-refractivity contribution in [3.8, 4) is 0 Å². The summed E-state index contributed by atoms with van der Waals surface area (Å²) in [4.78, 5) is 22.3. The lowest BCUT2D eigenvalue weighted by Gasteiger charge is -2.06. The smallest absolute Gasteiger partial charge is 0.231 e. The van der Waals surface area contributed by atoms with E-state index >= 15 is 0 Å². The van der Waals surface area contributed by atoms with Gasteiger partial charge in [0.1, 0.15) is 5.78 Å². The molecule has 3 nitrogen and oxygen atoms in total. The summed E-state index contributed by atoms with van der Waals surface area (Å²) in [6.07, 6.45) is -0.0849. The Morgan fingerprint density at radius 2 is 1.78 bits per heavy atom. The third-order valence-electron chi connectivity index (χ3n) is 2.50. The predicted molar refractivity (Wildman–Crippen MR) is 75.6 cm³/mol. The Morgan fingerprint density at radius 1 is 1.11 bits per heavy atom. The van der Waals surface area contributed by atoms with E-state index in [1.807, 2.05) is 36.4 Å². The summed E-state index contributed by atoms with van der Waals surface area (Å²) in [6.45, 7) is 1.40. The Hall–Kier alpha value is -1.68. The monoisotopic (exact) mass is 305 g/mol. The molecule has 2 aromatic rings. The molecule has 0 fully saturated rings. The molecule has 4 heteroatoms. The number of Topliss-reactive ketones (excluding diaryl/α,β-unsaturated/α-hetero) is 1. The van der Waals surface area contributed by atoms with E-state index < -0.39 is 0 Å². The summed E-state index contributed by atoms with van der Waals surface area (Å²) in [5, 5.41) is 4.84. The summed E-state index contributed by atoms with van der Waals surface area (Å²) in [7, 11) is 0. The van der Waals surface area contributed by atoms with Crippen molar-refractivity contribution < 1.29 is 9.59 Å². The Morgan fingerprint density at radius 3 is 2.50 bits per heavy atom. The fourth-order valence-electron chi connectivity index (χ4n) is 1.73. The molecule has 0 aliphatic rings. The van der Waals surface area contributed by atoms with Crippen LogP contribution in [-0.2, 0) is 9.59 Å². The molecule has 0 saturated heterocycles. The van der Waals surface area contributed by atoms with Crippen LogP contribution in [0.3, 0.4) is 0 Å². The number of halogens is 1. The minimum atomic E-state index is -0.279. The molecule has 1 amide bonds. The Labute approximate surface area is 113 Å². The van der Waals surface area contributed by atoms with Gasteiger partial charge < -0.3 is 5.32 Å². The Kier molecular flexibility index (Phi) is 3.77. The molecule has 0 saturated carbocycles. The minimum Gasteiger partial charge on any atom is -0.326 e. The summed E-state index contributed by atoms with van der Waals surface area (Å²) >= 11 is 3.41. The van der Waals surface area contributed by atoms with Gasteiger partial charge in [-0.05, 0) is 42.0 Å². The molecule has 18 heavy (non-hydrogen) atoms. The lowest BCUT2D eigenvalue weighted by Crippen LogP contribution is -2.14. The topological polar surface area (TPSA) is 46.2 Å². The molecule has 0 unspecified atom stereocenters. The lowest BCUT2D eigenvalue weighted by molar-refractivity contribution is -0.124. The third kappa shape index (κ3) is 3.17. The molecular weight excluding hydrogens is 294 g/mol. The number of hydrogen-bond acceptors (Lipinski definition) is 2. The molecule has 2 aromatic carbocycles. The highest BCUT2D eigenvalue weighted by molar-refractivity contribution is 9.10. The van der Waals surface area contributed by atoms with Crippen molar-refractivity contribution in [1.29, 1.82) is 0 Å². The van der Waals surface area contributed by atoms with Crippen molar-refractivity contribution in [2.24, 2.45) is 0 Å². The van der Waals surface area contributed by atoms with Gasteiger partial charge in [0.15, 0.2) is 0 Å². The molecule has 0 heterocycles. The van der Waals surface area contributed by atoms with Crippen molar-refractivity contribution >= 4 is 44.1 Å². The number of ketones is 1. The van der Waals surface area contributed by atoms with Crippen molar-refractivity contribution in [2.75, 3.05) is 5.32 Å². The first-order valence-corrected chi connectivity index (χ1v) is 6.32. The number of carbonyl (C=O) groups excluding carboxylic acids is 2. The second-order valence-corrected chi connectivity index (χ2v) is 5.05. The van der Waals surface area contributed by atoms with Crippen molar-refractivity contribution in [3.05, 3.63) is 40.9 Å². The molecule has 0 spiro atoms. The van der Waals surface area contributed by atoms with Gasteiger partial charge in [-0.25, -0.2) is 0 Å². The molecule has 0 aromatic heterocycles. The zero-order chi connectivity index (χ0) is 13.1. The molecule has 0 bridgehead atoms. The molecule has 0 radical (unpaired) electrons. The van der Waals surface area contributed by atoms with Crippen LogP contribution in [-0.4, -0.2) is 11.7 Å². The van der Waals surface area contributed by atoms with E-state index in [-0.39, 0.29) is 18.1 Å². The molecule has 2 rings (SSSR count). The van der Waals surface area contributed by atoms with Crippen LogP contribution in [0.4, 0.5) is 5.69 Å². The van der Waals surface area contributed by atoms with Gasteiger partial charge in [-0.15, -0.1) is 0 Å². The average molecular weight is 306 g/mol. The Bertz CT molecular complexity index is 622. The van der Waals surface area contributed by atoms with E-state index in [4.69, 9.17) is 0 Å². The summed E-state index contributed by atoms with van der Waals surface area (Å²) < 4.78 is 1.02. The zero-order valence-corrected chi connectivity index (χ0v) is 11.5. The number of nitrogens with one attached hydrogen (secondary N) is 1. The van der Waals surface area contributed by atoms with Crippen LogP contribution in [0.15, 0.2) is 40.9 Å². The number of fused-ring (bicyclic) bond motifs is 1. The maximum absolute atomic E-state index is 11.5. The van der Waals surface area contributed by atoms with E-state index in [1.54, 1.807) is 0 Å². The number of amides is 1. The van der Waals surface area contributed by atoms with Gasteiger partial charge in [-0.2, -0.15) is 0 Å². The van der Waals surface area contributed by atoms with E-state index in [1.165, 1.54) is 6.92 Å². The van der Waals surface area contributed by atoms with Crippen LogP contribution >= 0.6 is 15.9 Å². The summed E-state index contributed by atoms with van der Waals surface area (Å²) in [5.41, 5.74) is 0.705. The highest BCUT2D eigenvalue weighted by atomic mass is 79.9. The summed E-state index contributed by atoms with van der Waals surface area (Å²) in [6, 6.07) is 11.6. The van der Waals surface area contributed by atoms with Crippen LogP contribution < -0.4 is 5.32 Å². The van der Waals surface area contributed by atoms with E-state index in [9.17, 15) is 9.59 Å². The highest BCUT2D eigenvalue weighted by Crippen LogP contribution is 2.23. The van der Waals surface area contributed by atoms with Crippen LogP contribution in [0, 0.1) is 0 Å². The van der Waals surface area contributed by atoms with Gasteiger partial charge >= 0.3 is 0 Å². The molecule has 92 valence electrons. The van der Waals surface area contributed by atoms with Gasteiger partial charge in [0, 0.05) is 10.2 Å². The quantitative estimate of drug-likeness (QED) is 0.882. The normalized spacial score (nSPS) is 10.3. The van der Waals surface area contributed by atoms with Gasteiger partial charge in [0.05, 0.1) is 6.42 Å². The van der Waals surface area contributed by atoms with E-state index in [0.717, 1.165) is 15.2 Å². The molecular formula is C14H12BrNO2. The maximum Gasteiger partial charge on any atom is 0.231 e. The standard InChI is InChI=1S/C14H12BrNO2/c1-9(17)6-14(18)16-13-5-3-10-7-12(15)4-2-11(10)8-13/h2-5,7-8H,6H2,1H3,(H,16,18). The summed E-state index contributed by atoms with van der Waals surface area (Å²) in [5.74, 6) is -0.420. The average Bonchev–Trinajstić information content (AvgIpc) is 2.28. The first-order valence-electron chi connectivity index (χ1n) is 5.53. The van der Waals surface area contributed by atoms with E-state index in [2.05, 4.69) is 21.2 Å². The zero-order valence-electron chi connectivity index (χ0n) is 9.87. The molecule has 0 atom stereocenters. The van der Waals surface area contributed by atoms with Gasteiger partial charge in [-0.1, -0.05) is 28.1 Å². The third-order valence-corrected chi connectivity index (χ3v) is 2.99. The van der Waals surface area contributed by atoms with Crippen molar-refractivity contribution in [3.63, 3.8) is 0 Å². The highest BCUT2D eigenvalue weighted by Gasteiger charge is 2.05. The van der Waals surface area contributed by atoms with Crippen LogP contribution in [0.5, 0.6) is 0 Å². The molecule has 0 aliphatic carbocycles. The molecule has 0 aliphatic heterocycles. The SMILES string of the molecule is CC(=O)CC(=O)Nc1ccc2cc(Br)ccc2c1. The first-order chi connectivity index (χ1) is 8.54. The van der Waals surface area contributed by atoms with Crippen LogP contribution in [0.2, 0.25) is 0 Å². The lowest BCUT2D eigenvalue weighted by atomic mass is 10.1. The van der Waals surface area contributed by atoms with E-state index in [0.29, 0.717) is 5.69 Å². The first kappa shape index (κ1) is 12.8. The largest absolute Gasteiger partial charge is 0.326 e. The van der Waals surface area contributed by atoms with Gasteiger partial charge in [-0.3, -0.25) is 9.59 Å². The number of rotatable bonds is 3. The van der Waals surface area contributed by atoms with Crippen molar-refractivity contribution in [1.82, 2.24) is 0 Å². The number of hydrogen-bond donors (Lipinski definition) is 1. The number of carbonyl (C=O) groups is 2. The predicted octanol–water partition coefficient (Wildman–Crippen LogP) is 3.52. The van der Waals surface area contributed by atoms with Crippen molar-refractivity contribution in [2.45, 2.75) is 13.3 Å². The fraction of sp³-hybridized carbons (Fsp3) is 0.143. The fourth-order valence-corrected chi connectivity index (χ4v) is 2.10. The van der Waals surface area contributed by atoms with Crippen LogP contribution in [0.1, 0.15) is 13.3 Å².